The van der Waals surface area contributed by atoms with Crippen LogP contribution in [0.25, 0.3) is 16.5 Å². The molecule has 20 nitrogen and oxygen atoms in total. The van der Waals surface area contributed by atoms with Crippen molar-refractivity contribution in [3.05, 3.63) is 65.9 Å². The topological polar surface area (TPSA) is 276 Å². The molecule has 2 amide bonds. The number of urea groups is 1. The number of phosphoric ester groups is 2. The number of hydrogen-bond acceptors (Lipinski definition) is 18. The van der Waals surface area contributed by atoms with Gasteiger partial charge < -0.3 is 47.6 Å². The highest BCUT2D eigenvalue weighted by atomic mass is 31.3. The minimum atomic E-state index is -6.39. The van der Waals surface area contributed by atoms with Gasteiger partial charge in [-0.05, 0) is 42.7 Å². The van der Waals surface area contributed by atoms with Gasteiger partial charge >= 0.3 is 6.03 Å². The number of amides is 2. The Balaban J connectivity index is 1.06. The summed E-state index contributed by atoms with van der Waals surface area (Å²) in [5.74, 6) is 0.514. The molecule has 7 unspecified atom stereocenters. The molecule has 53 heavy (non-hydrogen) atoms. The molecule has 24 heteroatoms. The molecule has 1 saturated carbocycles. The molecular weight excluding hydrogens is 788 g/mol. The molecule has 0 radical (unpaired) electrons. The number of nitrogens with one attached hydrogen (secondary N) is 1. The van der Waals surface area contributed by atoms with Crippen molar-refractivity contribution in [1.29, 1.82) is 0 Å². The van der Waals surface area contributed by atoms with E-state index in [-0.39, 0.29) is 5.92 Å². The van der Waals surface area contributed by atoms with Crippen molar-refractivity contribution in [3.63, 3.8) is 0 Å². The van der Waals surface area contributed by atoms with Gasteiger partial charge in [0.1, 0.15) is 24.1 Å². The zero-order valence-corrected chi connectivity index (χ0v) is 31.1. The average molecular weight is 820 g/mol. The molecule has 10 atom stereocenters. The Morgan fingerprint density at radius 3 is 2.17 bits per heavy atom. The van der Waals surface area contributed by atoms with Crippen LogP contribution in [-0.2, 0) is 59.2 Å². The molecule has 2 aromatic carbocycles. The predicted molar refractivity (Wildman–Crippen MR) is 171 cm³/mol. The number of ether oxygens (including phenoxy) is 4. The first-order chi connectivity index (χ1) is 25.0. The number of fused-ring (bicyclic) bond motifs is 3. The van der Waals surface area contributed by atoms with E-state index in [1.807, 2.05) is 42.5 Å². The highest BCUT2D eigenvalue weighted by molar-refractivity contribution is 7.68. The number of nitrogens with zero attached hydrogens (tertiary/aromatic N) is 1. The third-order valence-electron chi connectivity index (χ3n) is 8.87. The van der Waals surface area contributed by atoms with Gasteiger partial charge in [0.15, 0.2) is 12.5 Å². The van der Waals surface area contributed by atoms with Crippen molar-refractivity contribution in [2.75, 3.05) is 13.2 Å². The van der Waals surface area contributed by atoms with Crippen LogP contribution in [0.3, 0.4) is 0 Å². The molecule has 5 aliphatic rings. The summed E-state index contributed by atoms with van der Waals surface area (Å²) in [7, 11) is -24.2. The minimum Gasteiger partial charge on any atom is -0.756 e. The van der Waals surface area contributed by atoms with Gasteiger partial charge in [-0.15, -0.1) is 0 Å². The SMILES string of the molecule is CCOP(=O)([O-])OP(=O)([O-])OP(=O)([O-])OP(=O)([O-])OC[C@H]1O[C@@H](N2C=C3C=C(c4ccc5ccccc5c4)OC3NC2=O)C2OC(C3CCCC3)O[C@H]21. The van der Waals surface area contributed by atoms with E-state index < -0.39 is 87.6 Å². The zero-order chi connectivity index (χ0) is 37.8. The van der Waals surface area contributed by atoms with Crippen molar-refractivity contribution in [3.8, 4) is 0 Å². The summed E-state index contributed by atoms with van der Waals surface area (Å²) in [6.45, 7) is -0.364. The van der Waals surface area contributed by atoms with E-state index in [2.05, 4.69) is 22.8 Å². The van der Waals surface area contributed by atoms with Crippen molar-refractivity contribution >= 4 is 53.9 Å². The monoisotopic (exact) mass is 820 g/mol. The lowest BCUT2D eigenvalue weighted by Gasteiger charge is -2.36. The molecular formula is C29H32N2O18P4-4. The van der Waals surface area contributed by atoms with Gasteiger partial charge in [0, 0.05) is 23.3 Å². The van der Waals surface area contributed by atoms with Gasteiger partial charge in [-0.2, -0.15) is 0 Å². The van der Waals surface area contributed by atoms with Crippen LogP contribution in [0.15, 0.2) is 60.3 Å². The Morgan fingerprint density at radius 1 is 0.830 bits per heavy atom. The molecule has 0 bridgehead atoms. The summed E-state index contributed by atoms with van der Waals surface area (Å²) < 4.78 is 92.2. The molecule has 7 rings (SSSR count). The number of carbonyl (C=O) groups excluding carboxylic acids is 1. The fourth-order valence-corrected chi connectivity index (χ4v) is 11.4. The fraction of sp³-hybridized carbons (Fsp3) is 0.483. The van der Waals surface area contributed by atoms with E-state index in [9.17, 15) is 42.6 Å². The van der Waals surface area contributed by atoms with Gasteiger partial charge in [0.05, 0.1) is 13.2 Å². The van der Waals surface area contributed by atoms with Crippen LogP contribution in [0.4, 0.5) is 4.79 Å². The maximum absolute atomic E-state index is 13.4. The first-order valence-corrected chi connectivity index (χ1v) is 22.2. The highest BCUT2D eigenvalue weighted by Gasteiger charge is 2.57. The summed E-state index contributed by atoms with van der Waals surface area (Å²) in [6.07, 6.45) is 0.742. The van der Waals surface area contributed by atoms with Crippen molar-refractivity contribution in [1.82, 2.24) is 10.2 Å². The molecule has 0 spiro atoms. The molecule has 4 heterocycles. The normalized spacial score (nSPS) is 31.7. The van der Waals surface area contributed by atoms with Crippen LogP contribution in [0, 0.1) is 5.92 Å². The zero-order valence-electron chi connectivity index (χ0n) is 27.6. The number of phosphoric acid groups is 4. The Bertz CT molecular complexity index is 2010. The smallest absolute Gasteiger partial charge is 0.326 e. The lowest BCUT2D eigenvalue weighted by molar-refractivity contribution is -0.254. The summed E-state index contributed by atoms with van der Waals surface area (Å²) in [4.78, 5) is 62.6. The molecule has 3 fully saturated rings. The maximum atomic E-state index is 13.4. The third kappa shape index (κ3) is 8.90. The standard InChI is InChI=1S/C29H36N2O18P4/c1-2-41-50(33,34)47-52(37,38)49-53(39,40)48-51(35,36)42-16-23-24-25(46-28(45-24)18-8-4-5-9-18)27(44-23)31-15-21-14-22(43-26(21)30-29(31)32)20-12-11-17-7-3-6-10-19(17)13-20/h3,6-7,10-15,18,23-28H,2,4-5,8-9,16H2,1H3,(H,30,32)(H,33,34)(H,35,36)(H,37,38)(H,39,40)/p-4/t23-,24+,25?,26?,27-,28?/m1/s1. The van der Waals surface area contributed by atoms with Gasteiger partial charge in [0.2, 0.25) is 6.23 Å². The molecule has 1 aliphatic carbocycles. The predicted octanol–water partition coefficient (Wildman–Crippen LogP) is 2.45. The largest absolute Gasteiger partial charge is 0.756 e. The molecule has 290 valence electrons. The summed E-state index contributed by atoms with van der Waals surface area (Å²) in [5.41, 5.74) is 1.34. The van der Waals surface area contributed by atoms with E-state index >= 15 is 0 Å². The maximum Gasteiger partial charge on any atom is 0.326 e. The first-order valence-electron chi connectivity index (χ1n) is 16.3. The third-order valence-corrected chi connectivity index (χ3v) is 14.7. The molecule has 4 aliphatic heterocycles. The van der Waals surface area contributed by atoms with Crippen LogP contribution >= 0.6 is 31.3 Å². The highest BCUT2D eigenvalue weighted by Crippen LogP contribution is 2.66. The number of hydrogen-bond donors (Lipinski definition) is 1. The molecule has 2 saturated heterocycles. The summed E-state index contributed by atoms with van der Waals surface area (Å²) >= 11 is 0. The van der Waals surface area contributed by atoms with Gasteiger partial charge in [0.25, 0.3) is 31.3 Å². The number of benzene rings is 2. The van der Waals surface area contributed by atoms with Crippen molar-refractivity contribution in [2.45, 2.75) is 69.7 Å². The lowest BCUT2D eigenvalue weighted by atomic mass is 10.1. The molecule has 2 aromatic rings. The van der Waals surface area contributed by atoms with Crippen LogP contribution in [0.5, 0.6) is 0 Å². The average Bonchev–Trinajstić information content (AvgIpc) is 3.86. The van der Waals surface area contributed by atoms with Crippen LogP contribution < -0.4 is 24.9 Å². The Labute approximate surface area is 302 Å². The number of carbonyl (C=O) groups is 1. The van der Waals surface area contributed by atoms with Crippen molar-refractivity contribution in [2.24, 2.45) is 5.92 Å². The second kappa shape index (κ2) is 15.0. The van der Waals surface area contributed by atoms with Crippen LogP contribution in [0.1, 0.15) is 38.2 Å². The second-order valence-electron chi connectivity index (χ2n) is 12.5. The Hall–Kier alpha value is -2.31. The van der Waals surface area contributed by atoms with E-state index in [1.54, 1.807) is 6.08 Å². The summed E-state index contributed by atoms with van der Waals surface area (Å²) in [5, 5.41) is 4.79. The lowest BCUT2D eigenvalue weighted by Crippen LogP contribution is -2.54. The van der Waals surface area contributed by atoms with Crippen LogP contribution in [0.2, 0.25) is 0 Å². The van der Waals surface area contributed by atoms with Gasteiger partial charge in [-0.1, -0.05) is 49.2 Å². The van der Waals surface area contributed by atoms with E-state index in [1.165, 1.54) is 11.1 Å². The Morgan fingerprint density at radius 2 is 1.47 bits per heavy atom. The number of rotatable bonds is 14. The molecule has 1 N–H and O–H groups in total. The quantitative estimate of drug-likeness (QED) is 0.268. The Kier molecular flexibility index (Phi) is 11.0. The fourth-order valence-electron chi connectivity index (χ4n) is 6.70. The minimum absolute atomic E-state index is 0.00556. The molecule has 0 aromatic heterocycles. The van der Waals surface area contributed by atoms with Crippen molar-refractivity contribution < 1.29 is 83.6 Å². The van der Waals surface area contributed by atoms with Gasteiger partial charge in [-0.25, -0.2) is 17.7 Å². The van der Waals surface area contributed by atoms with Crippen LogP contribution in [-0.4, -0.2) is 61.2 Å². The van der Waals surface area contributed by atoms with Gasteiger partial charge in [-0.3, -0.25) is 28.5 Å². The van der Waals surface area contributed by atoms with E-state index in [0.29, 0.717) is 11.3 Å². The first kappa shape index (κ1) is 38.9. The summed E-state index contributed by atoms with van der Waals surface area (Å²) in [6, 6.07) is 13.0. The second-order valence-corrected chi connectivity index (χ2v) is 18.5. The van der Waals surface area contributed by atoms with E-state index in [0.717, 1.165) is 48.9 Å². The van der Waals surface area contributed by atoms with E-state index in [4.69, 9.17) is 23.5 Å².